The summed E-state index contributed by atoms with van der Waals surface area (Å²) in [7, 11) is 1.65. The molecule has 1 aromatic rings. The van der Waals surface area contributed by atoms with Gasteiger partial charge in [-0.3, -0.25) is 0 Å². The van der Waals surface area contributed by atoms with E-state index in [1.165, 1.54) is 0 Å². The summed E-state index contributed by atoms with van der Waals surface area (Å²) in [4.78, 5) is 0. The molecule has 1 aromatic carbocycles. The van der Waals surface area contributed by atoms with Gasteiger partial charge in [-0.25, -0.2) is 0 Å². The van der Waals surface area contributed by atoms with Crippen LogP contribution in [0.5, 0.6) is 5.75 Å². The molecule has 1 N–H and O–H groups in total. The highest BCUT2D eigenvalue weighted by Crippen LogP contribution is 2.33. The Hall–Kier alpha value is -0.730. The molecule has 0 radical (unpaired) electrons. The first kappa shape index (κ1) is 13.3. The van der Waals surface area contributed by atoms with Crippen LogP contribution >= 0.6 is 11.6 Å². The summed E-state index contributed by atoms with van der Waals surface area (Å²) >= 11 is 6.07. The number of rotatable bonds is 4. The second kappa shape index (κ2) is 5.55. The number of ether oxygens (including phenoxy) is 1. The van der Waals surface area contributed by atoms with E-state index in [4.69, 9.17) is 16.3 Å². The van der Waals surface area contributed by atoms with Crippen molar-refractivity contribution in [1.82, 2.24) is 0 Å². The number of halogens is 1. The van der Waals surface area contributed by atoms with Crippen LogP contribution in [0.3, 0.4) is 0 Å². The number of methoxy groups -OCH3 is 1. The van der Waals surface area contributed by atoms with E-state index in [0.717, 1.165) is 16.9 Å². The quantitative estimate of drug-likeness (QED) is 0.877. The first-order valence-corrected chi connectivity index (χ1v) is 5.87. The van der Waals surface area contributed by atoms with E-state index in [1.807, 2.05) is 12.1 Å². The average molecular weight is 243 g/mol. The molecule has 0 fully saturated rings. The molecule has 0 aliphatic rings. The highest BCUT2D eigenvalue weighted by Gasteiger charge is 2.14. The molecule has 0 saturated heterocycles. The third-order valence-corrected chi connectivity index (χ3v) is 2.72. The van der Waals surface area contributed by atoms with E-state index in [9.17, 15) is 5.11 Å². The van der Waals surface area contributed by atoms with Gasteiger partial charge in [0.25, 0.3) is 0 Å². The maximum atomic E-state index is 9.45. The predicted molar refractivity (Wildman–Crippen MR) is 67.5 cm³/mol. The molecule has 0 bridgehead atoms. The molecule has 2 nitrogen and oxygen atoms in total. The van der Waals surface area contributed by atoms with Gasteiger partial charge < -0.3 is 9.84 Å². The minimum atomic E-state index is -0.396. The summed E-state index contributed by atoms with van der Waals surface area (Å²) in [5, 5.41) is 10.1. The van der Waals surface area contributed by atoms with Gasteiger partial charge in [0.05, 0.1) is 13.2 Å². The lowest BCUT2D eigenvalue weighted by atomic mass is 9.96. The first-order chi connectivity index (χ1) is 7.45. The Balaban J connectivity index is 3.24. The molecule has 0 spiro atoms. The van der Waals surface area contributed by atoms with Crippen LogP contribution in [-0.4, -0.2) is 18.3 Å². The number of benzene rings is 1. The summed E-state index contributed by atoms with van der Waals surface area (Å²) in [6.45, 7) is 5.95. The molecule has 1 unspecified atom stereocenters. The fourth-order valence-electron chi connectivity index (χ4n) is 1.82. The van der Waals surface area contributed by atoms with E-state index < -0.39 is 6.10 Å². The van der Waals surface area contributed by atoms with Crippen LogP contribution in [0.4, 0.5) is 0 Å². The van der Waals surface area contributed by atoms with Crippen LogP contribution in [0.15, 0.2) is 12.1 Å². The lowest BCUT2D eigenvalue weighted by Gasteiger charge is -2.17. The average Bonchev–Trinajstić information content (AvgIpc) is 2.15. The van der Waals surface area contributed by atoms with Gasteiger partial charge in [0.1, 0.15) is 5.75 Å². The van der Waals surface area contributed by atoms with Gasteiger partial charge in [-0.15, -0.1) is 0 Å². The second-order valence-electron chi connectivity index (χ2n) is 4.40. The van der Waals surface area contributed by atoms with Gasteiger partial charge in [0, 0.05) is 11.4 Å². The van der Waals surface area contributed by atoms with Crippen molar-refractivity contribution >= 4 is 11.6 Å². The number of hydrogen-bond acceptors (Lipinski definition) is 2. The van der Waals surface area contributed by atoms with Crippen molar-refractivity contribution in [1.29, 1.82) is 0 Å². The maximum Gasteiger partial charge on any atom is 0.125 e. The first-order valence-electron chi connectivity index (χ1n) is 5.50. The van der Waals surface area contributed by atoms with Gasteiger partial charge in [0.2, 0.25) is 0 Å². The lowest BCUT2D eigenvalue weighted by Crippen LogP contribution is -2.07. The Labute approximate surface area is 102 Å². The summed E-state index contributed by atoms with van der Waals surface area (Å²) in [5.74, 6) is 1.20. The van der Waals surface area contributed by atoms with Gasteiger partial charge in [-0.2, -0.15) is 0 Å². The minimum absolute atomic E-state index is 0.349. The van der Waals surface area contributed by atoms with Crippen molar-refractivity contribution in [2.24, 2.45) is 0 Å². The van der Waals surface area contributed by atoms with Crippen LogP contribution < -0.4 is 4.74 Å². The van der Waals surface area contributed by atoms with Crippen LogP contribution in [0.1, 0.15) is 37.8 Å². The van der Waals surface area contributed by atoms with Gasteiger partial charge >= 0.3 is 0 Å². The van der Waals surface area contributed by atoms with Gasteiger partial charge in [0.15, 0.2) is 0 Å². The van der Waals surface area contributed by atoms with Crippen molar-refractivity contribution in [2.75, 3.05) is 7.11 Å². The number of aliphatic hydroxyl groups is 1. The van der Waals surface area contributed by atoms with Crippen molar-refractivity contribution < 1.29 is 9.84 Å². The van der Waals surface area contributed by atoms with Gasteiger partial charge in [-0.05, 0) is 36.1 Å². The Bertz CT molecular complexity index is 359. The lowest BCUT2D eigenvalue weighted by molar-refractivity contribution is 0.194. The standard InChI is InChI=1S/C13H19ClO2/c1-8(2)12-7-11(14)6-10(5-9(3)15)13(12)16-4/h6-9,15H,5H2,1-4H3. The van der Waals surface area contributed by atoms with Crippen LogP contribution in [-0.2, 0) is 6.42 Å². The fraction of sp³-hybridized carbons (Fsp3) is 0.538. The van der Waals surface area contributed by atoms with Crippen LogP contribution in [0.25, 0.3) is 0 Å². The highest BCUT2D eigenvalue weighted by atomic mass is 35.5. The predicted octanol–water partition coefficient (Wildman–Crippen LogP) is 3.40. The van der Waals surface area contributed by atoms with E-state index >= 15 is 0 Å². The van der Waals surface area contributed by atoms with Crippen molar-refractivity contribution in [2.45, 2.75) is 39.2 Å². The highest BCUT2D eigenvalue weighted by molar-refractivity contribution is 6.30. The van der Waals surface area contributed by atoms with Crippen molar-refractivity contribution in [3.05, 3.63) is 28.3 Å². The van der Waals surface area contributed by atoms with Crippen LogP contribution in [0.2, 0.25) is 5.02 Å². The van der Waals surface area contributed by atoms with E-state index in [1.54, 1.807) is 14.0 Å². The Morgan fingerprint density at radius 1 is 1.31 bits per heavy atom. The van der Waals surface area contributed by atoms with Gasteiger partial charge in [-0.1, -0.05) is 25.4 Å². The largest absolute Gasteiger partial charge is 0.496 e. The maximum absolute atomic E-state index is 9.45. The molecule has 0 heterocycles. The van der Waals surface area contributed by atoms with Crippen molar-refractivity contribution in [3.8, 4) is 5.75 Å². The zero-order valence-electron chi connectivity index (χ0n) is 10.2. The van der Waals surface area contributed by atoms with E-state index in [0.29, 0.717) is 17.4 Å². The molecule has 0 aliphatic heterocycles. The normalized spacial score (nSPS) is 12.9. The summed E-state index contributed by atoms with van der Waals surface area (Å²) in [6.07, 6.45) is 0.163. The van der Waals surface area contributed by atoms with Crippen molar-refractivity contribution in [3.63, 3.8) is 0 Å². The number of aliphatic hydroxyl groups excluding tert-OH is 1. The molecule has 90 valence electrons. The number of hydrogen-bond donors (Lipinski definition) is 1. The Kier molecular flexibility index (Phi) is 4.63. The Morgan fingerprint density at radius 3 is 2.38 bits per heavy atom. The summed E-state index contributed by atoms with van der Waals surface area (Å²) in [6, 6.07) is 3.79. The molecule has 0 aromatic heterocycles. The molecule has 1 atom stereocenters. The molecule has 3 heteroatoms. The smallest absolute Gasteiger partial charge is 0.125 e. The van der Waals surface area contributed by atoms with E-state index in [-0.39, 0.29) is 0 Å². The third kappa shape index (κ3) is 3.13. The molecule has 16 heavy (non-hydrogen) atoms. The molecule has 0 aliphatic carbocycles. The molecule has 1 rings (SSSR count). The molecule has 0 saturated carbocycles. The topological polar surface area (TPSA) is 29.5 Å². The van der Waals surface area contributed by atoms with E-state index in [2.05, 4.69) is 13.8 Å². The fourth-order valence-corrected chi connectivity index (χ4v) is 2.07. The second-order valence-corrected chi connectivity index (χ2v) is 4.83. The SMILES string of the molecule is COc1c(CC(C)O)cc(Cl)cc1C(C)C. The molecular weight excluding hydrogens is 224 g/mol. The zero-order valence-corrected chi connectivity index (χ0v) is 11.0. The minimum Gasteiger partial charge on any atom is -0.496 e. The summed E-state index contributed by atoms with van der Waals surface area (Å²) in [5.41, 5.74) is 2.05. The Morgan fingerprint density at radius 2 is 1.94 bits per heavy atom. The molecular formula is C13H19ClO2. The van der Waals surface area contributed by atoms with Crippen LogP contribution in [0, 0.1) is 0 Å². The molecule has 0 amide bonds. The monoisotopic (exact) mass is 242 g/mol. The zero-order chi connectivity index (χ0) is 12.3. The third-order valence-electron chi connectivity index (χ3n) is 2.50. The summed E-state index contributed by atoms with van der Waals surface area (Å²) < 4.78 is 5.42.